The lowest BCUT2D eigenvalue weighted by molar-refractivity contribution is 0.0313. The number of likely N-dealkylation sites (N-methyl/N-ethyl adjacent to an activating group) is 1. The molecule has 134 valence electrons. The molecule has 5 nitrogen and oxygen atoms in total. The number of rotatable bonds is 6. The summed E-state index contributed by atoms with van der Waals surface area (Å²) < 4.78 is 1.54. The Balaban J connectivity index is 2.31. The number of pyridine rings is 1. The van der Waals surface area contributed by atoms with Crippen molar-refractivity contribution in [1.29, 1.82) is 0 Å². The van der Waals surface area contributed by atoms with Crippen LogP contribution in [0.5, 0.6) is 0 Å². The molecule has 0 bridgehead atoms. The number of aliphatic hydroxyl groups is 1. The number of aromatic nitrogens is 1. The summed E-state index contributed by atoms with van der Waals surface area (Å²) in [4.78, 5) is 27.0. The molecule has 0 spiro atoms. The van der Waals surface area contributed by atoms with Gasteiger partial charge in [-0.15, -0.1) is 0 Å². The second-order valence-corrected chi connectivity index (χ2v) is 6.98. The lowest BCUT2D eigenvalue weighted by Gasteiger charge is -2.28. The molecule has 5 heteroatoms. The van der Waals surface area contributed by atoms with Crippen LogP contribution in [0.15, 0.2) is 47.4 Å². The Morgan fingerprint density at radius 1 is 1.24 bits per heavy atom. The van der Waals surface area contributed by atoms with Crippen molar-refractivity contribution in [3.63, 3.8) is 0 Å². The van der Waals surface area contributed by atoms with Gasteiger partial charge in [-0.05, 0) is 45.4 Å². The van der Waals surface area contributed by atoms with Crippen molar-refractivity contribution in [2.24, 2.45) is 0 Å². The fourth-order valence-corrected chi connectivity index (χ4v) is 2.80. The SMILES string of the molecule is CCN(CC(C)(C)O)C(=O)c1cccn(Cc2cccc(C)c2)c1=O. The van der Waals surface area contributed by atoms with E-state index >= 15 is 0 Å². The summed E-state index contributed by atoms with van der Waals surface area (Å²) in [5, 5.41) is 9.98. The van der Waals surface area contributed by atoms with E-state index in [4.69, 9.17) is 0 Å². The Labute approximate surface area is 148 Å². The van der Waals surface area contributed by atoms with E-state index in [0.29, 0.717) is 13.1 Å². The molecule has 0 aliphatic heterocycles. The highest BCUT2D eigenvalue weighted by molar-refractivity contribution is 5.93. The zero-order valence-electron chi connectivity index (χ0n) is 15.3. The first-order valence-corrected chi connectivity index (χ1v) is 8.48. The number of nitrogens with zero attached hydrogens (tertiary/aromatic N) is 2. The molecule has 1 aromatic heterocycles. The lowest BCUT2D eigenvalue weighted by atomic mass is 10.1. The highest BCUT2D eigenvalue weighted by Gasteiger charge is 2.24. The standard InChI is InChI=1S/C20H26N2O3/c1-5-21(14-20(3,4)25)18(23)17-10-7-11-22(19(17)24)13-16-9-6-8-15(2)12-16/h6-12,25H,5,13-14H2,1-4H3. The summed E-state index contributed by atoms with van der Waals surface area (Å²) in [5.41, 5.74) is 0.932. The van der Waals surface area contributed by atoms with Gasteiger partial charge in [0, 0.05) is 19.3 Å². The quantitative estimate of drug-likeness (QED) is 0.877. The smallest absolute Gasteiger partial charge is 0.263 e. The number of carbonyl (C=O) groups excluding carboxylic acids is 1. The minimum atomic E-state index is -1.01. The van der Waals surface area contributed by atoms with Crippen molar-refractivity contribution in [2.45, 2.75) is 39.8 Å². The molecule has 1 N–H and O–H groups in total. The summed E-state index contributed by atoms with van der Waals surface area (Å²) in [6.07, 6.45) is 1.69. The van der Waals surface area contributed by atoms with E-state index in [-0.39, 0.29) is 23.6 Å². The van der Waals surface area contributed by atoms with Gasteiger partial charge in [0.2, 0.25) is 0 Å². The van der Waals surface area contributed by atoms with Crippen LogP contribution in [0.3, 0.4) is 0 Å². The second kappa shape index (κ2) is 7.66. The molecule has 1 amide bonds. The van der Waals surface area contributed by atoms with E-state index in [9.17, 15) is 14.7 Å². The molecule has 0 unspecified atom stereocenters. The van der Waals surface area contributed by atoms with Gasteiger partial charge in [-0.25, -0.2) is 0 Å². The Kier molecular flexibility index (Phi) is 5.80. The van der Waals surface area contributed by atoms with Crippen LogP contribution in [0.2, 0.25) is 0 Å². The van der Waals surface area contributed by atoms with Crippen molar-refractivity contribution in [3.8, 4) is 0 Å². The molecule has 0 saturated carbocycles. The van der Waals surface area contributed by atoms with Gasteiger partial charge in [-0.2, -0.15) is 0 Å². The van der Waals surface area contributed by atoms with E-state index in [1.807, 2.05) is 38.1 Å². The fraction of sp³-hybridized carbons (Fsp3) is 0.400. The third-order valence-electron chi connectivity index (χ3n) is 3.93. The number of carbonyl (C=O) groups is 1. The normalized spacial score (nSPS) is 11.4. The summed E-state index contributed by atoms with van der Waals surface area (Å²) in [7, 11) is 0. The van der Waals surface area contributed by atoms with Gasteiger partial charge in [-0.1, -0.05) is 29.8 Å². The van der Waals surface area contributed by atoms with Crippen LogP contribution < -0.4 is 5.56 Å². The van der Waals surface area contributed by atoms with Gasteiger partial charge in [0.15, 0.2) is 0 Å². The van der Waals surface area contributed by atoms with Crippen molar-refractivity contribution in [1.82, 2.24) is 9.47 Å². The predicted octanol–water partition coefficient (Wildman–Crippen LogP) is 2.44. The van der Waals surface area contributed by atoms with Crippen LogP contribution >= 0.6 is 0 Å². The van der Waals surface area contributed by atoms with E-state index in [2.05, 4.69) is 0 Å². The molecule has 0 aliphatic carbocycles. The summed E-state index contributed by atoms with van der Waals surface area (Å²) in [6.45, 7) is 8.14. The first-order valence-electron chi connectivity index (χ1n) is 8.48. The lowest BCUT2D eigenvalue weighted by Crippen LogP contribution is -2.44. The molecule has 0 radical (unpaired) electrons. The maximum absolute atomic E-state index is 12.7. The maximum atomic E-state index is 12.7. The maximum Gasteiger partial charge on any atom is 0.263 e. The Morgan fingerprint density at radius 2 is 1.96 bits per heavy atom. The molecular formula is C20H26N2O3. The molecule has 0 fully saturated rings. The zero-order valence-corrected chi connectivity index (χ0v) is 15.3. The average molecular weight is 342 g/mol. The molecule has 2 rings (SSSR count). The van der Waals surface area contributed by atoms with Crippen molar-refractivity contribution >= 4 is 5.91 Å². The minimum Gasteiger partial charge on any atom is -0.389 e. The van der Waals surface area contributed by atoms with Crippen LogP contribution in [0.1, 0.15) is 42.3 Å². The van der Waals surface area contributed by atoms with Gasteiger partial charge in [0.05, 0.1) is 12.1 Å². The summed E-state index contributed by atoms with van der Waals surface area (Å²) in [5.74, 6) is -0.354. The molecule has 0 saturated heterocycles. The van der Waals surface area contributed by atoms with Crippen molar-refractivity contribution in [3.05, 3.63) is 69.6 Å². The Morgan fingerprint density at radius 3 is 2.56 bits per heavy atom. The van der Waals surface area contributed by atoms with Gasteiger partial charge < -0.3 is 14.6 Å². The van der Waals surface area contributed by atoms with Crippen LogP contribution in [0.25, 0.3) is 0 Å². The monoisotopic (exact) mass is 342 g/mol. The molecule has 1 heterocycles. The number of hydrogen-bond acceptors (Lipinski definition) is 3. The number of aryl methyl sites for hydroxylation is 1. The van der Waals surface area contributed by atoms with Gasteiger partial charge in [0.25, 0.3) is 11.5 Å². The van der Waals surface area contributed by atoms with Gasteiger partial charge >= 0.3 is 0 Å². The number of benzene rings is 1. The molecular weight excluding hydrogens is 316 g/mol. The third-order valence-corrected chi connectivity index (χ3v) is 3.93. The Bertz CT molecular complexity index is 803. The van der Waals surface area contributed by atoms with Crippen LogP contribution in [0, 0.1) is 6.92 Å². The molecule has 1 aromatic carbocycles. The molecule has 0 atom stereocenters. The largest absolute Gasteiger partial charge is 0.389 e. The van der Waals surface area contributed by atoms with Gasteiger partial charge in [-0.3, -0.25) is 9.59 Å². The van der Waals surface area contributed by atoms with Crippen LogP contribution in [-0.2, 0) is 6.54 Å². The third kappa shape index (κ3) is 5.03. The predicted molar refractivity (Wildman–Crippen MR) is 98.9 cm³/mol. The van der Waals surface area contributed by atoms with Gasteiger partial charge in [0.1, 0.15) is 5.56 Å². The van der Waals surface area contributed by atoms with Crippen LogP contribution in [-0.4, -0.2) is 39.2 Å². The highest BCUT2D eigenvalue weighted by atomic mass is 16.3. The molecule has 25 heavy (non-hydrogen) atoms. The number of amides is 1. The fourth-order valence-electron chi connectivity index (χ4n) is 2.80. The Hall–Kier alpha value is -2.40. The summed E-state index contributed by atoms with van der Waals surface area (Å²) >= 11 is 0. The first kappa shape index (κ1) is 18.9. The van der Waals surface area contributed by atoms with E-state index in [0.717, 1.165) is 11.1 Å². The first-order chi connectivity index (χ1) is 11.7. The molecule has 2 aromatic rings. The van der Waals surface area contributed by atoms with Crippen LogP contribution in [0.4, 0.5) is 0 Å². The second-order valence-electron chi connectivity index (χ2n) is 6.98. The molecule has 0 aliphatic rings. The minimum absolute atomic E-state index is 0.126. The van der Waals surface area contributed by atoms with E-state index < -0.39 is 5.60 Å². The average Bonchev–Trinajstić information content (AvgIpc) is 2.53. The topological polar surface area (TPSA) is 62.5 Å². The van der Waals surface area contributed by atoms with Crippen molar-refractivity contribution < 1.29 is 9.90 Å². The zero-order chi connectivity index (χ0) is 18.6. The van der Waals surface area contributed by atoms with Crippen molar-refractivity contribution in [2.75, 3.05) is 13.1 Å². The van der Waals surface area contributed by atoms with E-state index in [1.54, 1.807) is 36.7 Å². The highest BCUT2D eigenvalue weighted by Crippen LogP contribution is 2.09. The van der Waals surface area contributed by atoms with E-state index in [1.165, 1.54) is 4.90 Å². The summed E-state index contributed by atoms with van der Waals surface area (Å²) in [6, 6.07) is 11.2. The number of hydrogen-bond donors (Lipinski definition) is 1.